The molecule has 0 aromatic heterocycles. The summed E-state index contributed by atoms with van der Waals surface area (Å²) in [6.45, 7) is 0. The molecule has 0 fully saturated rings. The van der Waals surface area contributed by atoms with Crippen molar-refractivity contribution in [2.75, 3.05) is 7.11 Å². The molecule has 1 rings (SSSR count). The third-order valence-electron chi connectivity index (χ3n) is 2.06. The maximum absolute atomic E-state index is 12.8. The number of rotatable bonds is 4. The first-order valence-electron chi connectivity index (χ1n) is 4.67. The molecule has 1 aromatic rings. The van der Waals surface area contributed by atoms with Gasteiger partial charge in [0.05, 0.1) is 13.5 Å². The molecule has 1 unspecified atom stereocenters. The molecule has 0 saturated heterocycles. The Labute approximate surface area is 97.2 Å². The molecular formula is C11H11ClF2O2. The third kappa shape index (κ3) is 3.77. The number of hydrogen-bond acceptors (Lipinski definition) is 2. The predicted octanol–water partition coefficient (Wildman–Crippen LogP) is 2.68. The largest absolute Gasteiger partial charge is 0.469 e. The molecule has 0 spiro atoms. The highest BCUT2D eigenvalue weighted by Crippen LogP contribution is 2.15. The summed E-state index contributed by atoms with van der Waals surface area (Å²) in [6.07, 6.45) is 0.324. The van der Waals surface area contributed by atoms with Gasteiger partial charge in [-0.05, 0) is 24.1 Å². The lowest BCUT2D eigenvalue weighted by Gasteiger charge is -2.08. The predicted molar refractivity (Wildman–Crippen MR) is 56.3 cm³/mol. The molecule has 88 valence electrons. The normalized spacial score (nSPS) is 12.2. The summed E-state index contributed by atoms with van der Waals surface area (Å²) in [5, 5.41) is -0.489. The van der Waals surface area contributed by atoms with Crippen LogP contribution < -0.4 is 0 Å². The number of halogens is 3. The monoisotopic (exact) mass is 248 g/mol. The standard InChI is InChI=1S/C11H11ClF2O2/c1-16-11(15)6-8(12)4-7-2-3-9(13)10(14)5-7/h2-3,5,8H,4,6H2,1H3. The average molecular weight is 249 g/mol. The highest BCUT2D eigenvalue weighted by molar-refractivity contribution is 6.21. The first-order valence-corrected chi connectivity index (χ1v) is 5.11. The second-order valence-electron chi connectivity index (χ2n) is 3.33. The fraction of sp³-hybridized carbons (Fsp3) is 0.364. The van der Waals surface area contributed by atoms with Gasteiger partial charge in [0.1, 0.15) is 0 Å². The van der Waals surface area contributed by atoms with Gasteiger partial charge in [-0.2, -0.15) is 0 Å². The second-order valence-corrected chi connectivity index (χ2v) is 3.95. The molecule has 0 aliphatic rings. The number of alkyl halides is 1. The van der Waals surface area contributed by atoms with Crippen LogP contribution in [-0.2, 0) is 16.0 Å². The van der Waals surface area contributed by atoms with Crippen LogP contribution in [0.5, 0.6) is 0 Å². The third-order valence-corrected chi connectivity index (χ3v) is 2.37. The summed E-state index contributed by atoms with van der Waals surface area (Å²) in [5.74, 6) is -2.25. The van der Waals surface area contributed by atoms with Gasteiger partial charge in [-0.3, -0.25) is 4.79 Å². The fourth-order valence-electron chi connectivity index (χ4n) is 1.26. The molecule has 1 aromatic carbocycles. The molecule has 1 atom stereocenters. The van der Waals surface area contributed by atoms with Crippen LogP contribution in [0.15, 0.2) is 18.2 Å². The van der Waals surface area contributed by atoms with Gasteiger partial charge in [-0.15, -0.1) is 11.6 Å². The van der Waals surface area contributed by atoms with Crippen LogP contribution in [0, 0.1) is 11.6 Å². The van der Waals surface area contributed by atoms with Gasteiger partial charge < -0.3 is 4.74 Å². The molecule has 0 radical (unpaired) electrons. The van der Waals surface area contributed by atoms with Crippen LogP contribution >= 0.6 is 11.6 Å². The van der Waals surface area contributed by atoms with Gasteiger partial charge in [-0.1, -0.05) is 6.07 Å². The SMILES string of the molecule is COC(=O)CC(Cl)Cc1ccc(F)c(F)c1. The molecule has 5 heteroatoms. The van der Waals surface area contributed by atoms with Crippen LogP contribution in [0.4, 0.5) is 8.78 Å². The highest BCUT2D eigenvalue weighted by atomic mass is 35.5. The molecule has 0 amide bonds. The second kappa shape index (κ2) is 5.80. The first-order chi connectivity index (χ1) is 7.52. The van der Waals surface area contributed by atoms with E-state index in [-0.39, 0.29) is 12.8 Å². The number of ether oxygens (including phenoxy) is 1. The van der Waals surface area contributed by atoms with Gasteiger partial charge in [0.25, 0.3) is 0 Å². The van der Waals surface area contributed by atoms with E-state index in [9.17, 15) is 13.6 Å². The van der Waals surface area contributed by atoms with Gasteiger partial charge >= 0.3 is 5.97 Å². The molecule has 0 aliphatic heterocycles. The number of hydrogen-bond donors (Lipinski definition) is 0. The van der Waals surface area contributed by atoms with Crippen LogP contribution in [0.2, 0.25) is 0 Å². The molecule has 0 heterocycles. The van der Waals surface area contributed by atoms with E-state index in [1.807, 2.05) is 0 Å². The minimum Gasteiger partial charge on any atom is -0.469 e. The van der Waals surface area contributed by atoms with Gasteiger partial charge in [0.2, 0.25) is 0 Å². The van der Waals surface area contributed by atoms with Crippen molar-refractivity contribution in [2.45, 2.75) is 18.2 Å². The van der Waals surface area contributed by atoms with E-state index in [1.54, 1.807) is 0 Å². The van der Waals surface area contributed by atoms with Crippen LogP contribution in [0.1, 0.15) is 12.0 Å². The molecule has 0 N–H and O–H groups in total. The Morgan fingerprint density at radius 1 is 1.44 bits per heavy atom. The van der Waals surface area contributed by atoms with Crippen molar-refractivity contribution in [1.82, 2.24) is 0 Å². The van der Waals surface area contributed by atoms with Crippen molar-refractivity contribution in [3.63, 3.8) is 0 Å². The summed E-state index contributed by atoms with van der Waals surface area (Å²) in [4.78, 5) is 10.9. The van der Waals surface area contributed by atoms with Gasteiger partial charge in [-0.25, -0.2) is 8.78 Å². The molecule has 0 aliphatic carbocycles. The van der Waals surface area contributed by atoms with Gasteiger partial charge in [0.15, 0.2) is 11.6 Å². The lowest BCUT2D eigenvalue weighted by Crippen LogP contribution is -2.12. The first kappa shape index (κ1) is 12.9. The topological polar surface area (TPSA) is 26.3 Å². The Bertz CT molecular complexity index is 382. The van der Waals surface area contributed by atoms with E-state index in [4.69, 9.17) is 11.6 Å². The summed E-state index contributed by atoms with van der Waals surface area (Å²) in [7, 11) is 1.27. The highest BCUT2D eigenvalue weighted by Gasteiger charge is 2.13. The minimum atomic E-state index is -0.917. The van der Waals surface area contributed by atoms with E-state index in [2.05, 4.69) is 4.74 Å². The smallest absolute Gasteiger partial charge is 0.307 e. The zero-order valence-electron chi connectivity index (χ0n) is 8.67. The molecule has 2 nitrogen and oxygen atoms in total. The minimum absolute atomic E-state index is 0.0387. The zero-order valence-corrected chi connectivity index (χ0v) is 9.43. The van der Waals surface area contributed by atoms with Crippen LogP contribution in [-0.4, -0.2) is 18.5 Å². The summed E-state index contributed by atoms with van der Waals surface area (Å²) < 4.78 is 29.9. The Hall–Kier alpha value is -1.16. The lowest BCUT2D eigenvalue weighted by molar-refractivity contribution is -0.140. The molecule has 16 heavy (non-hydrogen) atoms. The Morgan fingerprint density at radius 3 is 2.69 bits per heavy atom. The summed E-state index contributed by atoms with van der Waals surface area (Å²) in [5.41, 5.74) is 0.544. The maximum Gasteiger partial charge on any atom is 0.307 e. The van der Waals surface area contributed by atoms with E-state index in [0.717, 1.165) is 12.1 Å². The Kier molecular flexibility index (Phi) is 4.68. The van der Waals surface area contributed by atoms with E-state index in [1.165, 1.54) is 13.2 Å². The number of esters is 1. The number of carbonyl (C=O) groups is 1. The molecule has 0 bridgehead atoms. The van der Waals surface area contributed by atoms with Gasteiger partial charge in [0, 0.05) is 5.38 Å². The molecule has 0 saturated carbocycles. The van der Waals surface area contributed by atoms with Crippen molar-refractivity contribution in [3.8, 4) is 0 Å². The van der Waals surface area contributed by atoms with E-state index >= 15 is 0 Å². The number of carbonyl (C=O) groups excluding carboxylic acids is 1. The quantitative estimate of drug-likeness (QED) is 0.605. The van der Waals surface area contributed by atoms with Crippen LogP contribution in [0.25, 0.3) is 0 Å². The fourth-order valence-corrected chi connectivity index (χ4v) is 1.56. The Morgan fingerprint density at radius 2 is 2.12 bits per heavy atom. The number of benzene rings is 1. The van der Waals surface area contributed by atoms with Crippen LogP contribution in [0.3, 0.4) is 0 Å². The van der Waals surface area contributed by atoms with Crippen molar-refractivity contribution in [3.05, 3.63) is 35.4 Å². The maximum atomic E-state index is 12.8. The Balaban J connectivity index is 2.59. The van der Waals surface area contributed by atoms with Crippen molar-refractivity contribution < 1.29 is 18.3 Å². The number of methoxy groups -OCH3 is 1. The summed E-state index contributed by atoms with van der Waals surface area (Å²) in [6, 6.07) is 3.54. The average Bonchev–Trinajstić information content (AvgIpc) is 2.23. The van der Waals surface area contributed by atoms with E-state index in [0.29, 0.717) is 5.56 Å². The lowest BCUT2D eigenvalue weighted by atomic mass is 10.1. The van der Waals surface area contributed by atoms with Crippen molar-refractivity contribution in [2.24, 2.45) is 0 Å². The zero-order chi connectivity index (χ0) is 12.1. The van der Waals surface area contributed by atoms with Crippen molar-refractivity contribution in [1.29, 1.82) is 0 Å². The summed E-state index contributed by atoms with van der Waals surface area (Å²) >= 11 is 5.86. The molecular weight excluding hydrogens is 238 g/mol. The van der Waals surface area contributed by atoms with Crippen molar-refractivity contribution >= 4 is 17.6 Å². The van der Waals surface area contributed by atoms with E-state index < -0.39 is 23.0 Å².